The molecule has 1 aliphatic rings. The van der Waals surface area contributed by atoms with Gasteiger partial charge in [-0.05, 0) is 28.8 Å². The number of hydrogen-bond donors (Lipinski definition) is 2. The molecule has 2 N–H and O–H groups in total. The van der Waals surface area contributed by atoms with E-state index in [-0.39, 0.29) is 0 Å². The van der Waals surface area contributed by atoms with Gasteiger partial charge in [-0.3, -0.25) is 0 Å². The van der Waals surface area contributed by atoms with Gasteiger partial charge in [0.15, 0.2) is 0 Å². The highest BCUT2D eigenvalue weighted by Crippen LogP contribution is 2.23. The van der Waals surface area contributed by atoms with Gasteiger partial charge in [0.1, 0.15) is 11.8 Å². The number of anilines is 1. The van der Waals surface area contributed by atoms with Crippen molar-refractivity contribution in [3.05, 3.63) is 58.7 Å². The Morgan fingerprint density at radius 1 is 1.19 bits per heavy atom. The first-order valence-corrected chi connectivity index (χ1v) is 6.93. The van der Waals surface area contributed by atoms with Crippen molar-refractivity contribution in [2.75, 3.05) is 12.4 Å². The molecule has 3 rings (SSSR count). The highest BCUT2D eigenvalue weighted by Gasteiger charge is 2.10. The number of benzene rings is 2. The van der Waals surface area contributed by atoms with Crippen LogP contribution in [0.1, 0.15) is 22.3 Å². The van der Waals surface area contributed by atoms with Gasteiger partial charge >= 0.3 is 0 Å². The Bertz CT molecular complexity index is 704. The molecule has 0 bridgehead atoms. The van der Waals surface area contributed by atoms with Gasteiger partial charge in [-0.2, -0.15) is 5.26 Å². The first-order chi connectivity index (χ1) is 10.3. The minimum absolute atomic E-state index is 0.624. The number of methoxy groups -OCH3 is 1. The summed E-state index contributed by atoms with van der Waals surface area (Å²) in [6, 6.07) is 14.1. The van der Waals surface area contributed by atoms with Crippen LogP contribution in [0, 0.1) is 11.3 Å². The Morgan fingerprint density at radius 3 is 2.86 bits per heavy atom. The van der Waals surface area contributed by atoms with Crippen molar-refractivity contribution in [3.63, 3.8) is 0 Å². The molecule has 0 amide bonds. The summed E-state index contributed by atoms with van der Waals surface area (Å²) in [7, 11) is 1.62. The third kappa shape index (κ3) is 2.83. The van der Waals surface area contributed by atoms with Gasteiger partial charge in [-0.1, -0.05) is 18.2 Å². The van der Waals surface area contributed by atoms with Crippen LogP contribution in [0.15, 0.2) is 36.4 Å². The van der Waals surface area contributed by atoms with Crippen LogP contribution in [0.2, 0.25) is 0 Å². The molecule has 0 fully saturated rings. The van der Waals surface area contributed by atoms with E-state index in [0.29, 0.717) is 12.1 Å². The minimum Gasteiger partial charge on any atom is -0.497 e. The largest absolute Gasteiger partial charge is 0.497 e. The second-order valence-corrected chi connectivity index (χ2v) is 5.08. The van der Waals surface area contributed by atoms with E-state index in [2.05, 4.69) is 34.9 Å². The van der Waals surface area contributed by atoms with Crippen LogP contribution in [-0.2, 0) is 19.6 Å². The van der Waals surface area contributed by atoms with Crippen LogP contribution in [0.5, 0.6) is 5.75 Å². The molecule has 106 valence electrons. The van der Waals surface area contributed by atoms with E-state index in [4.69, 9.17) is 10.00 Å². The van der Waals surface area contributed by atoms with Crippen LogP contribution in [0.3, 0.4) is 0 Å². The fourth-order valence-electron chi connectivity index (χ4n) is 2.55. The van der Waals surface area contributed by atoms with E-state index in [1.165, 1.54) is 16.7 Å². The molecule has 0 saturated carbocycles. The van der Waals surface area contributed by atoms with Crippen LogP contribution in [-0.4, -0.2) is 7.11 Å². The molecule has 1 heterocycles. The fourth-order valence-corrected chi connectivity index (χ4v) is 2.55. The third-order valence-electron chi connectivity index (χ3n) is 3.73. The molecule has 0 saturated heterocycles. The Labute approximate surface area is 124 Å². The number of nitrogens with one attached hydrogen (secondary N) is 2. The maximum absolute atomic E-state index is 9.17. The average Bonchev–Trinajstić information content (AvgIpc) is 3.00. The Kier molecular flexibility index (Phi) is 3.76. The number of rotatable bonds is 4. The second-order valence-electron chi connectivity index (χ2n) is 5.08. The molecule has 2 aromatic rings. The van der Waals surface area contributed by atoms with Crippen LogP contribution in [0.25, 0.3) is 0 Å². The van der Waals surface area contributed by atoms with Gasteiger partial charge in [0.05, 0.1) is 18.4 Å². The van der Waals surface area contributed by atoms with E-state index < -0.39 is 0 Å². The molecule has 0 spiro atoms. The smallest absolute Gasteiger partial charge is 0.121 e. The Morgan fingerprint density at radius 2 is 2.05 bits per heavy atom. The molecule has 0 radical (unpaired) electrons. The summed E-state index contributed by atoms with van der Waals surface area (Å²) in [5.41, 5.74) is 5.37. The lowest BCUT2D eigenvalue weighted by atomic mass is 10.1. The average molecular weight is 279 g/mol. The molecule has 0 unspecified atom stereocenters. The standard InChI is InChI=1S/C17H17N3O/c1-21-16-5-4-13(8-18)17(7-16)20-9-12-2-3-14-10-19-11-15(14)6-12/h2-7,19-20H,9-11H2,1H3. The van der Waals surface area contributed by atoms with E-state index >= 15 is 0 Å². The Hall–Kier alpha value is -2.51. The molecular formula is C17H17N3O. The predicted octanol–water partition coefficient (Wildman–Crippen LogP) is 2.78. The zero-order chi connectivity index (χ0) is 14.7. The minimum atomic E-state index is 0.624. The van der Waals surface area contributed by atoms with E-state index in [1.807, 2.05) is 6.07 Å². The summed E-state index contributed by atoms with van der Waals surface area (Å²) in [5, 5.41) is 15.8. The molecule has 0 aliphatic carbocycles. The van der Waals surface area contributed by atoms with Gasteiger partial charge in [0.25, 0.3) is 0 Å². The van der Waals surface area contributed by atoms with Gasteiger partial charge in [0.2, 0.25) is 0 Å². The number of ether oxygens (including phenoxy) is 1. The van der Waals surface area contributed by atoms with Gasteiger partial charge < -0.3 is 15.4 Å². The highest BCUT2D eigenvalue weighted by molar-refractivity contribution is 5.60. The number of fused-ring (bicyclic) bond motifs is 1. The fraction of sp³-hybridized carbons (Fsp3) is 0.235. The summed E-state index contributed by atoms with van der Waals surface area (Å²) in [6.45, 7) is 2.58. The van der Waals surface area contributed by atoms with Crippen LogP contribution < -0.4 is 15.4 Å². The van der Waals surface area contributed by atoms with Crippen molar-refractivity contribution >= 4 is 5.69 Å². The number of nitriles is 1. The molecule has 2 aromatic carbocycles. The number of nitrogens with zero attached hydrogens (tertiary/aromatic N) is 1. The maximum Gasteiger partial charge on any atom is 0.121 e. The summed E-state index contributed by atoms with van der Waals surface area (Å²) >= 11 is 0. The zero-order valence-electron chi connectivity index (χ0n) is 11.9. The SMILES string of the molecule is COc1ccc(C#N)c(NCc2ccc3c(c2)CNC3)c1. The number of hydrogen-bond acceptors (Lipinski definition) is 4. The summed E-state index contributed by atoms with van der Waals surface area (Å²) in [6.07, 6.45) is 0. The lowest BCUT2D eigenvalue weighted by Crippen LogP contribution is -2.02. The topological polar surface area (TPSA) is 57.1 Å². The normalized spacial score (nSPS) is 12.6. The van der Waals surface area contributed by atoms with E-state index in [1.54, 1.807) is 19.2 Å². The lowest BCUT2D eigenvalue weighted by Gasteiger charge is -2.11. The van der Waals surface area contributed by atoms with Crippen molar-refractivity contribution in [3.8, 4) is 11.8 Å². The quantitative estimate of drug-likeness (QED) is 0.903. The molecule has 21 heavy (non-hydrogen) atoms. The first kappa shape index (κ1) is 13.5. The van der Waals surface area contributed by atoms with Crippen molar-refractivity contribution in [1.82, 2.24) is 5.32 Å². The third-order valence-corrected chi connectivity index (χ3v) is 3.73. The molecule has 4 nitrogen and oxygen atoms in total. The van der Waals surface area contributed by atoms with Crippen molar-refractivity contribution < 1.29 is 4.74 Å². The molecule has 0 aromatic heterocycles. The van der Waals surface area contributed by atoms with Crippen LogP contribution in [0.4, 0.5) is 5.69 Å². The highest BCUT2D eigenvalue weighted by atomic mass is 16.5. The molecular weight excluding hydrogens is 262 g/mol. The molecule has 4 heteroatoms. The van der Waals surface area contributed by atoms with Gasteiger partial charge in [-0.15, -0.1) is 0 Å². The predicted molar refractivity (Wildman–Crippen MR) is 82.0 cm³/mol. The molecule has 1 aliphatic heterocycles. The first-order valence-electron chi connectivity index (χ1n) is 6.93. The van der Waals surface area contributed by atoms with E-state index in [0.717, 1.165) is 24.5 Å². The lowest BCUT2D eigenvalue weighted by molar-refractivity contribution is 0.415. The molecule has 0 atom stereocenters. The Balaban J connectivity index is 1.77. The summed E-state index contributed by atoms with van der Waals surface area (Å²) in [5.74, 6) is 0.745. The second kappa shape index (κ2) is 5.86. The summed E-state index contributed by atoms with van der Waals surface area (Å²) in [4.78, 5) is 0. The van der Waals surface area contributed by atoms with Crippen molar-refractivity contribution in [1.29, 1.82) is 5.26 Å². The van der Waals surface area contributed by atoms with Crippen molar-refractivity contribution in [2.24, 2.45) is 0 Å². The van der Waals surface area contributed by atoms with Gasteiger partial charge in [-0.25, -0.2) is 0 Å². The monoisotopic (exact) mass is 279 g/mol. The van der Waals surface area contributed by atoms with Crippen molar-refractivity contribution in [2.45, 2.75) is 19.6 Å². The van der Waals surface area contributed by atoms with Gasteiger partial charge in [0, 0.05) is 25.7 Å². The zero-order valence-corrected chi connectivity index (χ0v) is 11.9. The maximum atomic E-state index is 9.17. The summed E-state index contributed by atoms with van der Waals surface area (Å²) < 4.78 is 5.21. The van der Waals surface area contributed by atoms with E-state index in [9.17, 15) is 0 Å². The van der Waals surface area contributed by atoms with Crippen LogP contribution >= 0.6 is 0 Å².